The van der Waals surface area contributed by atoms with Crippen LogP contribution in [0.1, 0.15) is 10.4 Å². The average molecular weight is 313 g/mol. The van der Waals surface area contributed by atoms with Gasteiger partial charge in [-0.15, -0.1) is 0 Å². The molecule has 2 aliphatic heterocycles. The van der Waals surface area contributed by atoms with Gasteiger partial charge < -0.3 is 9.64 Å². The van der Waals surface area contributed by atoms with Gasteiger partial charge in [0.2, 0.25) is 0 Å². The van der Waals surface area contributed by atoms with Crippen molar-refractivity contribution < 1.29 is 13.9 Å². The molecule has 114 valence electrons. The molecule has 1 aromatic carbocycles. The fraction of sp³-hybridized carbons (Fsp3) is 0.533. The van der Waals surface area contributed by atoms with Gasteiger partial charge in [0.05, 0.1) is 19.3 Å². The van der Waals surface area contributed by atoms with Gasteiger partial charge in [0, 0.05) is 36.1 Å². The SMILES string of the molecule is CN1C[C@H]2COC[C@@H]1CN(C(=O)c1cc(F)cc(Cl)c1)C2. The van der Waals surface area contributed by atoms with Crippen molar-refractivity contribution >= 4 is 17.5 Å². The van der Waals surface area contributed by atoms with Crippen LogP contribution in [0.5, 0.6) is 0 Å². The van der Waals surface area contributed by atoms with Gasteiger partial charge in [-0.1, -0.05) is 11.6 Å². The number of carbonyl (C=O) groups excluding carboxylic acids is 1. The van der Waals surface area contributed by atoms with Gasteiger partial charge in [-0.25, -0.2) is 4.39 Å². The number of benzene rings is 1. The second kappa shape index (κ2) is 5.91. The summed E-state index contributed by atoms with van der Waals surface area (Å²) >= 11 is 5.85. The van der Waals surface area contributed by atoms with E-state index >= 15 is 0 Å². The Bertz CT molecular complexity index is 534. The lowest BCUT2D eigenvalue weighted by Gasteiger charge is -2.29. The van der Waals surface area contributed by atoms with Crippen LogP contribution in [0.3, 0.4) is 0 Å². The number of nitrogens with zero attached hydrogens (tertiary/aromatic N) is 2. The molecule has 2 fully saturated rings. The van der Waals surface area contributed by atoms with Crippen molar-refractivity contribution in [2.45, 2.75) is 6.04 Å². The molecular formula is C15H18ClFN2O2. The normalized spacial score (nSPS) is 26.5. The lowest BCUT2D eigenvalue weighted by molar-refractivity contribution is 0.0433. The van der Waals surface area contributed by atoms with Crippen LogP contribution >= 0.6 is 11.6 Å². The van der Waals surface area contributed by atoms with Crippen molar-refractivity contribution in [3.05, 3.63) is 34.6 Å². The van der Waals surface area contributed by atoms with Crippen molar-refractivity contribution in [1.82, 2.24) is 9.80 Å². The van der Waals surface area contributed by atoms with E-state index in [4.69, 9.17) is 16.3 Å². The molecule has 0 aliphatic carbocycles. The van der Waals surface area contributed by atoms with Gasteiger partial charge in [-0.2, -0.15) is 0 Å². The minimum Gasteiger partial charge on any atom is -0.379 e. The Labute approximate surface area is 128 Å². The fourth-order valence-corrected chi connectivity index (χ4v) is 3.30. The number of amides is 1. The van der Waals surface area contributed by atoms with Gasteiger partial charge >= 0.3 is 0 Å². The molecule has 2 bridgehead atoms. The first-order chi connectivity index (χ1) is 10.0. The Balaban J connectivity index is 1.84. The molecule has 0 aromatic heterocycles. The molecule has 2 saturated heterocycles. The van der Waals surface area contributed by atoms with Crippen molar-refractivity contribution in [3.8, 4) is 0 Å². The van der Waals surface area contributed by atoms with E-state index in [2.05, 4.69) is 11.9 Å². The van der Waals surface area contributed by atoms with Gasteiger partial charge in [0.15, 0.2) is 0 Å². The lowest BCUT2D eigenvalue weighted by Crippen LogP contribution is -2.44. The van der Waals surface area contributed by atoms with Crippen molar-refractivity contribution in [2.75, 3.05) is 39.9 Å². The minimum atomic E-state index is -0.485. The van der Waals surface area contributed by atoms with Crippen molar-refractivity contribution in [2.24, 2.45) is 5.92 Å². The van der Waals surface area contributed by atoms with Crippen LogP contribution < -0.4 is 0 Å². The van der Waals surface area contributed by atoms with E-state index in [1.165, 1.54) is 18.2 Å². The topological polar surface area (TPSA) is 32.8 Å². The summed E-state index contributed by atoms with van der Waals surface area (Å²) in [7, 11) is 2.05. The van der Waals surface area contributed by atoms with Crippen LogP contribution in [0.4, 0.5) is 4.39 Å². The maximum atomic E-state index is 13.4. The number of carbonyl (C=O) groups is 1. The average Bonchev–Trinajstić information content (AvgIpc) is 2.65. The zero-order valence-electron chi connectivity index (χ0n) is 11.9. The summed E-state index contributed by atoms with van der Waals surface area (Å²) in [6.45, 7) is 3.43. The zero-order chi connectivity index (χ0) is 15.0. The van der Waals surface area contributed by atoms with Gasteiger partial charge in [0.1, 0.15) is 5.82 Å². The molecule has 0 spiro atoms. The second-order valence-corrected chi connectivity index (χ2v) is 6.30. The summed E-state index contributed by atoms with van der Waals surface area (Å²) in [5.74, 6) is -0.361. The predicted molar refractivity (Wildman–Crippen MR) is 78.0 cm³/mol. The van der Waals surface area contributed by atoms with Crippen LogP contribution in [-0.4, -0.2) is 61.6 Å². The molecule has 0 radical (unpaired) electrons. The quantitative estimate of drug-likeness (QED) is 0.794. The van der Waals surface area contributed by atoms with Crippen molar-refractivity contribution in [3.63, 3.8) is 0 Å². The molecule has 21 heavy (non-hydrogen) atoms. The van der Waals surface area contributed by atoms with E-state index in [9.17, 15) is 9.18 Å². The Morgan fingerprint density at radius 2 is 2.10 bits per heavy atom. The summed E-state index contributed by atoms with van der Waals surface area (Å²) in [4.78, 5) is 16.7. The highest BCUT2D eigenvalue weighted by Gasteiger charge is 2.33. The standard InChI is InChI=1S/C15H18ClFN2O2/c1-18-5-10-6-19(7-14(18)9-21-8-10)15(20)11-2-12(16)4-13(17)3-11/h2-4,10,14H,5-9H2,1H3/t10-,14+/m1/s1. The highest BCUT2D eigenvalue weighted by atomic mass is 35.5. The first-order valence-corrected chi connectivity index (χ1v) is 7.44. The van der Waals surface area contributed by atoms with Gasteiger partial charge in [-0.05, 0) is 25.2 Å². The molecule has 0 saturated carbocycles. The van der Waals surface area contributed by atoms with Gasteiger partial charge in [0.25, 0.3) is 5.91 Å². The number of hydrogen-bond acceptors (Lipinski definition) is 3. The number of hydrogen-bond donors (Lipinski definition) is 0. The van der Waals surface area contributed by atoms with Crippen LogP contribution in [0.25, 0.3) is 0 Å². The fourth-order valence-electron chi connectivity index (χ4n) is 3.08. The smallest absolute Gasteiger partial charge is 0.254 e. The molecule has 2 atom stereocenters. The molecule has 1 aromatic rings. The van der Waals surface area contributed by atoms with Crippen LogP contribution in [0.15, 0.2) is 18.2 Å². The first kappa shape index (κ1) is 14.8. The number of halogens is 2. The highest BCUT2D eigenvalue weighted by molar-refractivity contribution is 6.31. The Hall–Kier alpha value is -1.17. The van der Waals surface area contributed by atoms with Gasteiger partial charge in [-0.3, -0.25) is 9.69 Å². The third-order valence-electron chi connectivity index (χ3n) is 4.14. The number of fused-ring (bicyclic) bond motifs is 3. The summed E-state index contributed by atoms with van der Waals surface area (Å²) in [5, 5.41) is 0.244. The number of ether oxygens (including phenoxy) is 1. The first-order valence-electron chi connectivity index (χ1n) is 7.06. The molecular weight excluding hydrogens is 295 g/mol. The zero-order valence-corrected chi connectivity index (χ0v) is 12.6. The third-order valence-corrected chi connectivity index (χ3v) is 4.36. The number of likely N-dealkylation sites (N-methyl/N-ethyl adjacent to an activating group) is 1. The maximum absolute atomic E-state index is 13.4. The summed E-state index contributed by atoms with van der Waals surface area (Å²) < 4.78 is 19.1. The Morgan fingerprint density at radius 1 is 1.29 bits per heavy atom. The Kier molecular flexibility index (Phi) is 4.15. The minimum absolute atomic E-state index is 0.163. The van der Waals surface area contributed by atoms with Crippen LogP contribution in [0, 0.1) is 11.7 Å². The van der Waals surface area contributed by atoms with E-state index in [0.29, 0.717) is 31.9 Å². The molecule has 0 unspecified atom stereocenters. The van der Waals surface area contributed by atoms with E-state index in [0.717, 1.165) is 6.54 Å². The highest BCUT2D eigenvalue weighted by Crippen LogP contribution is 2.21. The summed E-state index contributed by atoms with van der Waals surface area (Å²) in [6.07, 6.45) is 0. The van der Waals surface area contributed by atoms with E-state index in [-0.39, 0.29) is 22.9 Å². The molecule has 6 heteroatoms. The molecule has 2 heterocycles. The van der Waals surface area contributed by atoms with E-state index in [1.807, 2.05) is 0 Å². The molecule has 4 nitrogen and oxygen atoms in total. The molecule has 0 N–H and O–H groups in total. The predicted octanol–water partition coefficient (Wildman–Crippen LogP) is 1.88. The van der Waals surface area contributed by atoms with E-state index in [1.54, 1.807) is 4.90 Å². The maximum Gasteiger partial charge on any atom is 0.254 e. The molecule has 1 amide bonds. The largest absolute Gasteiger partial charge is 0.379 e. The molecule has 2 aliphatic rings. The van der Waals surface area contributed by atoms with Crippen LogP contribution in [-0.2, 0) is 4.74 Å². The number of rotatable bonds is 1. The molecule has 3 rings (SSSR count). The lowest BCUT2D eigenvalue weighted by atomic mass is 10.1. The second-order valence-electron chi connectivity index (χ2n) is 5.87. The summed E-state index contributed by atoms with van der Waals surface area (Å²) in [6, 6.07) is 4.16. The summed E-state index contributed by atoms with van der Waals surface area (Å²) in [5.41, 5.74) is 0.309. The monoisotopic (exact) mass is 312 g/mol. The van der Waals surface area contributed by atoms with Crippen LogP contribution in [0.2, 0.25) is 5.02 Å². The third kappa shape index (κ3) is 3.20. The Morgan fingerprint density at radius 3 is 2.86 bits per heavy atom. The van der Waals surface area contributed by atoms with E-state index < -0.39 is 5.82 Å². The van der Waals surface area contributed by atoms with Crippen molar-refractivity contribution in [1.29, 1.82) is 0 Å².